The van der Waals surface area contributed by atoms with Crippen molar-refractivity contribution in [3.05, 3.63) is 24.3 Å². The van der Waals surface area contributed by atoms with Gasteiger partial charge in [-0.1, -0.05) is 12.1 Å². The van der Waals surface area contributed by atoms with E-state index in [1.807, 2.05) is 18.2 Å². The van der Waals surface area contributed by atoms with Crippen LogP contribution in [0.5, 0.6) is 0 Å². The van der Waals surface area contributed by atoms with Gasteiger partial charge in [-0.2, -0.15) is 0 Å². The highest BCUT2D eigenvalue weighted by atomic mass is 16.1. The zero-order valence-electron chi connectivity index (χ0n) is 10.1. The van der Waals surface area contributed by atoms with Gasteiger partial charge in [0.1, 0.15) is 0 Å². The van der Waals surface area contributed by atoms with E-state index in [9.17, 15) is 4.79 Å². The molecule has 2 rings (SSSR count). The Kier molecular flexibility index (Phi) is 2.62. The van der Waals surface area contributed by atoms with Crippen molar-refractivity contribution < 1.29 is 4.79 Å². The lowest BCUT2D eigenvalue weighted by Gasteiger charge is -2.37. The van der Waals surface area contributed by atoms with Crippen molar-refractivity contribution in [2.75, 3.05) is 16.8 Å². The van der Waals surface area contributed by atoms with Gasteiger partial charge < -0.3 is 10.2 Å². The number of hydrogen-bond donors (Lipinski definition) is 1. The van der Waals surface area contributed by atoms with Crippen molar-refractivity contribution in [1.29, 1.82) is 0 Å². The third-order valence-electron chi connectivity index (χ3n) is 2.84. The zero-order chi connectivity index (χ0) is 11.8. The molecule has 16 heavy (non-hydrogen) atoms. The number of amides is 1. The zero-order valence-corrected chi connectivity index (χ0v) is 10.1. The van der Waals surface area contributed by atoms with Gasteiger partial charge in [0.2, 0.25) is 5.91 Å². The Morgan fingerprint density at radius 1 is 1.25 bits per heavy atom. The van der Waals surface area contributed by atoms with Crippen LogP contribution in [0, 0.1) is 0 Å². The van der Waals surface area contributed by atoms with Crippen molar-refractivity contribution in [2.24, 2.45) is 0 Å². The van der Waals surface area contributed by atoms with Crippen molar-refractivity contribution in [1.82, 2.24) is 0 Å². The van der Waals surface area contributed by atoms with Crippen molar-refractivity contribution >= 4 is 17.3 Å². The monoisotopic (exact) mass is 218 g/mol. The summed E-state index contributed by atoms with van der Waals surface area (Å²) >= 11 is 0. The maximum absolute atomic E-state index is 11.6. The molecule has 0 fully saturated rings. The van der Waals surface area contributed by atoms with Crippen molar-refractivity contribution in [3.63, 3.8) is 0 Å². The number of carbonyl (C=O) groups excluding carboxylic acids is 1. The van der Waals surface area contributed by atoms with Crippen LogP contribution in [0.1, 0.15) is 27.2 Å². The van der Waals surface area contributed by atoms with Gasteiger partial charge in [-0.05, 0) is 32.9 Å². The Balaban J connectivity index is 2.46. The molecule has 1 aromatic carbocycles. The van der Waals surface area contributed by atoms with Crippen LogP contribution in [0.2, 0.25) is 0 Å². The molecular weight excluding hydrogens is 200 g/mol. The molecule has 1 heterocycles. The second-order valence-electron chi connectivity index (χ2n) is 5.14. The third kappa shape index (κ3) is 2.03. The molecule has 86 valence electrons. The van der Waals surface area contributed by atoms with E-state index in [4.69, 9.17) is 0 Å². The second kappa shape index (κ2) is 3.81. The van der Waals surface area contributed by atoms with Gasteiger partial charge in [-0.15, -0.1) is 0 Å². The van der Waals surface area contributed by atoms with Crippen LogP contribution >= 0.6 is 0 Å². The van der Waals surface area contributed by atoms with E-state index in [-0.39, 0.29) is 11.4 Å². The molecule has 0 aromatic heterocycles. The lowest BCUT2D eigenvalue weighted by Crippen LogP contribution is -2.42. The summed E-state index contributed by atoms with van der Waals surface area (Å²) in [6, 6.07) is 7.98. The quantitative estimate of drug-likeness (QED) is 0.726. The highest BCUT2D eigenvalue weighted by Crippen LogP contribution is 2.33. The van der Waals surface area contributed by atoms with Crippen molar-refractivity contribution in [3.8, 4) is 0 Å². The van der Waals surface area contributed by atoms with Gasteiger partial charge >= 0.3 is 0 Å². The fourth-order valence-electron chi connectivity index (χ4n) is 2.06. The van der Waals surface area contributed by atoms with E-state index in [2.05, 4.69) is 37.1 Å². The Morgan fingerprint density at radius 2 is 1.94 bits per heavy atom. The van der Waals surface area contributed by atoms with Crippen LogP contribution in [0.4, 0.5) is 11.4 Å². The number of nitrogens with zero attached hydrogens (tertiary/aromatic N) is 1. The molecule has 0 bridgehead atoms. The van der Waals surface area contributed by atoms with E-state index >= 15 is 0 Å². The van der Waals surface area contributed by atoms with Crippen LogP contribution in [0.25, 0.3) is 0 Å². The number of hydrogen-bond acceptors (Lipinski definition) is 2. The SMILES string of the molecule is CC(C)(C)N1CCC(=O)Nc2ccccc21. The Labute approximate surface area is 96.5 Å². The third-order valence-corrected chi connectivity index (χ3v) is 2.84. The molecule has 0 atom stereocenters. The van der Waals surface area contributed by atoms with E-state index in [0.717, 1.165) is 17.9 Å². The van der Waals surface area contributed by atoms with E-state index in [1.54, 1.807) is 0 Å². The number of fused-ring (bicyclic) bond motifs is 1. The molecule has 0 saturated carbocycles. The van der Waals surface area contributed by atoms with Crippen LogP contribution in [0.15, 0.2) is 24.3 Å². The summed E-state index contributed by atoms with van der Waals surface area (Å²) in [5, 5.41) is 2.94. The number of rotatable bonds is 0. The number of carbonyl (C=O) groups is 1. The molecule has 0 spiro atoms. The van der Waals surface area contributed by atoms with E-state index in [0.29, 0.717) is 6.42 Å². The number of benzene rings is 1. The Bertz CT molecular complexity index is 407. The number of para-hydroxylation sites is 2. The van der Waals surface area contributed by atoms with Gasteiger partial charge in [-0.3, -0.25) is 4.79 Å². The predicted octanol–water partition coefficient (Wildman–Crippen LogP) is 2.63. The number of anilines is 2. The van der Waals surface area contributed by atoms with Gasteiger partial charge in [0.25, 0.3) is 0 Å². The van der Waals surface area contributed by atoms with Crippen LogP contribution < -0.4 is 10.2 Å². The molecule has 1 N–H and O–H groups in total. The maximum atomic E-state index is 11.6. The van der Waals surface area contributed by atoms with Gasteiger partial charge in [0.05, 0.1) is 11.4 Å². The topological polar surface area (TPSA) is 32.3 Å². The average Bonchev–Trinajstić information content (AvgIpc) is 2.34. The minimum absolute atomic E-state index is 0.0302. The van der Waals surface area contributed by atoms with Crippen LogP contribution in [-0.4, -0.2) is 18.0 Å². The highest BCUT2D eigenvalue weighted by molar-refractivity contribution is 5.96. The first-order chi connectivity index (χ1) is 7.48. The summed E-state index contributed by atoms with van der Waals surface area (Å²) in [6.07, 6.45) is 0.548. The second-order valence-corrected chi connectivity index (χ2v) is 5.14. The highest BCUT2D eigenvalue weighted by Gasteiger charge is 2.26. The van der Waals surface area contributed by atoms with Gasteiger partial charge in [0, 0.05) is 18.5 Å². The smallest absolute Gasteiger partial charge is 0.226 e. The normalized spacial score (nSPS) is 16.4. The van der Waals surface area contributed by atoms with Gasteiger partial charge in [0.15, 0.2) is 0 Å². The lowest BCUT2D eigenvalue weighted by atomic mass is 10.0. The summed E-state index contributed by atoms with van der Waals surface area (Å²) in [6.45, 7) is 7.27. The average molecular weight is 218 g/mol. The summed E-state index contributed by atoms with van der Waals surface area (Å²) in [5.41, 5.74) is 2.06. The standard InChI is InChI=1S/C13H18N2O/c1-13(2,3)15-9-8-12(16)14-10-6-4-5-7-11(10)15/h4-7H,8-9H2,1-3H3,(H,14,16). The molecule has 1 aliphatic heterocycles. The fraction of sp³-hybridized carbons (Fsp3) is 0.462. The first-order valence-corrected chi connectivity index (χ1v) is 5.65. The summed E-state index contributed by atoms with van der Waals surface area (Å²) < 4.78 is 0. The maximum Gasteiger partial charge on any atom is 0.226 e. The fourth-order valence-corrected chi connectivity index (χ4v) is 2.06. The first kappa shape index (κ1) is 11.0. The van der Waals surface area contributed by atoms with E-state index < -0.39 is 0 Å². The Hall–Kier alpha value is -1.51. The summed E-state index contributed by atoms with van der Waals surface area (Å²) in [4.78, 5) is 13.9. The minimum atomic E-state index is 0.0302. The molecule has 0 saturated heterocycles. The molecule has 3 heteroatoms. The summed E-state index contributed by atoms with van der Waals surface area (Å²) in [5.74, 6) is 0.0965. The minimum Gasteiger partial charge on any atom is -0.364 e. The van der Waals surface area contributed by atoms with Crippen LogP contribution in [0.3, 0.4) is 0 Å². The molecular formula is C13H18N2O. The molecule has 0 radical (unpaired) electrons. The summed E-state index contributed by atoms with van der Waals surface area (Å²) in [7, 11) is 0. The lowest BCUT2D eigenvalue weighted by molar-refractivity contribution is -0.116. The molecule has 1 aliphatic rings. The molecule has 0 aliphatic carbocycles. The number of nitrogens with one attached hydrogen (secondary N) is 1. The molecule has 1 aromatic rings. The predicted molar refractivity (Wildman–Crippen MR) is 66.8 cm³/mol. The van der Waals surface area contributed by atoms with Crippen LogP contribution in [-0.2, 0) is 4.79 Å². The Morgan fingerprint density at radius 3 is 2.62 bits per heavy atom. The molecule has 3 nitrogen and oxygen atoms in total. The van der Waals surface area contributed by atoms with Crippen molar-refractivity contribution in [2.45, 2.75) is 32.7 Å². The molecule has 1 amide bonds. The molecule has 0 unspecified atom stereocenters. The van der Waals surface area contributed by atoms with E-state index in [1.165, 1.54) is 0 Å². The largest absolute Gasteiger partial charge is 0.364 e. The first-order valence-electron chi connectivity index (χ1n) is 5.65. The van der Waals surface area contributed by atoms with Gasteiger partial charge in [-0.25, -0.2) is 0 Å².